The zero-order valence-corrected chi connectivity index (χ0v) is 15.6. The van der Waals surface area contributed by atoms with Crippen LogP contribution in [0.15, 0.2) is 18.2 Å². The number of nitriles is 1. The average Bonchev–Trinajstić information content (AvgIpc) is 3.10. The van der Waals surface area contributed by atoms with Gasteiger partial charge in [0.15, 0.2) is 18.1 Å². The van der Waals surface area contributed by atoms with Gasteiger partial charge in [-0.05, 0) is 25.0 Å². The second-order valence-electron chi connectivity index (χ2n) is 6.48. The van der Waals surface area contributed by atoms with Crippen molar-refractivity contribution in [2.24, 2.45) is 5.92 Å². The van der Waals surface area contributed by atoms with E-state index in [4.69, 9.17) is 14.2 Å². The van der Waals surface area contributed by atoms with Crippen LogP contribution < -0.4 is 14.8 Å². The third-order valence-electron chi connectivity index (χ3n) is 4.25. The molecule has 1 heterocycles. The zero-order chi connectivity index (χ0) is 20.9. The third kappa shape index (κ3) is 4.76. The van der Waals surface area contributed by atoms with E-state index in [0.717, 1.165) is 6.08 Å². The Morgan fingerprint density at radius 1 is 1.43 bits per heavy atom. The predicted molar refractivity (Wildman–Crippen MR) is 96.2 cm³/mol. The maximum absolute atomic E-state index is 11.9. The number of hydrogen-bond acceptors (Lipinski definition) is 8. The second-order valence-corrected chi connectivity index (χ2v) is 6.48. The van der Waals surface area contributed by atoms with Gasteiger partial charge >= 0.3 is 5.97 Å². The van der Waals surface area contributed by atoms with Crippen molar-refractivity contribution in [3.05, 3.63) is 33.9 Å². The van der Waals surface area contributed by atoms with E-state index in [0.29, 0.717) is 5.75 Å². The Bertz CT molecular complexity index is 873. The van der Waals surface area contributed by atoms with E-state index >= 15 is 0 Å². The quantitative estimate of drug-likeness (QED) is 0.323. The van der Waals surface area contributed by atoms with Gasteiger partial charge in [-0.2, -0.15) is 5.26 Å². The smallest absolute Gasteiger partial charge is 0.331 e. The van der Waals surface area contributed by atoms with Gasteiger partial charge in [-0.3, -0.25) is 14.9 Å². The molecule has 28 heavy (non-hydrogen) atoms. The number of ether oxygens (including phenoxy) is 3. The molecule has 10 heteroatoms. The fourth-order valence-corrected chi connectivity index (χ4v) is 2.21. The minimum absolute atomic E-state index is 0.0468. The first-order chi connectivity index (χ1) is 13.2. The first-order valence-corrected chi connectivity index (χ1v) is 8.31. The number of nitro benzene ring substituents is 1. The van der Waals surface area contributed by atoms with Gasteiger partial charge in [0.1, 0.15) is 5.54 Å². The molecule has 1 aromatic carbocycles. The molecule has 0 radical (unpaired) electrons. The summed E-state index contributed by atoms with van der Waals surface area (Å²) < 4.78 is 15.1. The molecule has 148 valence electrons. The Morgan fingerprint density at radius 3 is 2.64 bits per heavy atom. The van der Waals surface area contributed by atoms with Crippen molar-refractivity contribution in [1.82, 2.24) is 5.32 Å². The molecule has 1 atom stereocenters. The van der Waals surface area contributed by atoms with Crippen LogP contribution in [0.4, 0.5) is 5.69 Å². The van der Waals surface area contributed by atoms with Crippen LogP contribution in [0.25, 0.3) is 6.08 Å². The normalized spacial score (nSPS) is 14.4. The standard InChI is InChI=1S/C18H19N3O7/c1-11(2)18(3,9-19)20-16(22)8-26-17(23)5-4-12-6-14-15(28-10-27-14)7-13(12)21(24)25/h4-7,11H,8,10H2,1-3H3,(H,20,22)/b5-4+/t18-/m0/s1. The molecule has 1 aromatic rings. The number of nitrogens with zero attached hydrogens (tertiary/aromatic N) is 2. The van der Waals surface area contributed by atoms with Crippen LogP contribution in [0.3, 0.4) is 0 Å². The van der Waals surface area contributed by atoms with Crippen molar-refractivity contribution >= 4 is 23.6 Å². The van der Waals surface area contributed by atoms with E-state index in [-0.39, 0.29) is 29.7 Å². The van der Waals surface area contributed by atoms with Gasteiger partial charge in [-0.1, -0.05) is 13.8 Å². The van der Waals surface area contributed by atoms with Gasteiger partial charge < -0.3 is 19.5 Å². The number of benzene rings is 1. The first kappa shape index (κ1) is 20.7. The molecule has 0 unspecified atom stereocenters. The van der Waals surface area contributed by atoms with Gasteiger partial charge in [-0.25, -0.2) is 4.79 Å². The topological polar surface area (TPSA) is 141 Å². The van der Waals surface area contributed by atoms with Crippen molar-refractivity contribution in [1.29, 1.82) is 5.26 Å². The van der Waals surface area contributed by atoms with Crippen LogP contribution in [0.1, 0.15) is 26.3 Å². The first-order valence-electron chi connectivity index (χ1n) is 8.31. The molecule has 0 fully saturated rings. The van der Waals surface area contributed by atoms with Crippen molar-refractivity contribution in [2.75, 3.05) is 13.4 Å². The minimum Gasteiger partial charge on any atom is -0.454 e. The Balaban J connectivity index is 2.00. The molecule has 0 spiro atoms. The highest BCUT2D eigenvalue weighted by Gasteiger charge is 2.30. The molecule has 0 aromatic heterocycles. The van der Waals surface area contributed by atoms with Crippen molar-refractivity contribution in [3.63, 3.8) is 0 Å². The lowest BCUT2D eigenvalue weighted by Crippen LogP contribution is -2.50. The lowest BCUT2D eigenvalue weighted by Gasteiger charge is -2.27. The van der Waals surface area contributed by atoms with Crippen molar-refractivity contribution in [2.45, 2.75) is 26.3 Å². The van der Waals surface area contributed by atoms with Gasteiger partial charge in [0.05, 0.1) is 22.6 Å². The summed E-state index contributed by atoms with van der Waals surface area (Å²) >= 11 is 0. The zero-order valence-electron chi connectivity index (χ0n) is 15.6. The lowest BCUT2D eigenvalue weighted by molar-refractivity contribution is -0.385. The molecule has 1 N–H and O–H groups in total. The number of hydrogen-bond donors (Lipinski definition) is 1. The minimum atomic E-state index is -1.09. The molecule has 2 rings (SSSR count). The van der Waals surface area contributed by atoms with Gasteiger partial charge in [0, 0.05) is 6.08 Å². The summed E-state index contributed by atoms with van der Waals surface area (Å²) in [6.07, 6.45) is 2.15. The fraction of sp³-hybridized carbons (Fsp3) is 0.389. The van der Waals surface area contributed by atoms with E-state index in [9.17, 15) is 25.0 Å². The van der Waals surface area contributed by atoms with E-state index < -0.39 is 28.9 Å². The van der Waals surface area contributed by atoms with Crippen LogP contribution in [0.5, 0.6) is 11.5 Å². The Kier molecular flexibility index (Phi) is 6.20. The van der Waals surface area contributed by atoms with Gasteiger partial charge in [-0.15, -0.1) is 0 Å². The highest BCUT2D eigenvalue weighted by atomic mass is 16.7. The summed E-state index contributed by atoms with van der Waals surface area (Å²) in [7, 11) is 0. The molecule has 1 aliphatic heterocycles. The summed E-state index contributed by atoms with van der Waals surface area (Å²) in [5.74, 6) is -1.08. The molecule has 10 nitrogen and oxygen atoms in total. The predicted octanol–water partition coefficient (Wildman–Crippen LogP) is 1.93. The van der Waals surface area contributed by atoms with Crippen LogP contribution in [0.2, 0.25) is 0 Å². The molecule has 1 aliphatic rings. The summed E-state index contributed by atoms with van der Waals surface area (Å²) in [5, 5.41) is 22.9. The van der Waals surface area contributed by atoms with Crippen LogP contribution >= 0.6 is 0 Å². The molecular weight excluding hydrogens is 370 g/mol. The maximum atomic E-state index is 11.9. The van der Waals surface area contributed by atoms with Crippen molar-refractivity contribution < 1.29 is 28.7 Å². The van der Waals surface area contributed by atoms with Crippen LogP contribution in [-0.4, -0.2) is 35.7 Å². The Hall–Kier alpha value is -3.61. The van der Waals surface area contributed by atoms with E-state index in [2.05, 4.69) is 5.32 Å². The molecule has 1 amide bonds. The number of amides is 1. The van der Waals surface area contributed by atoms with Crippen LogP contribution in [0, 0.1) is 27.4 Å². The monoisotopic (exact) mass is 389 g/mol. The molecule has 0 saturated carbocycles. The van der Waals surface area contributed by atoms with Crippen molar-refractivity contribution in [3.8, 4) is 17.6 Å². The van der Waals surface area contributed by atoms with E-state index in [1.165, 1.54) is 18.2 Å². The molecular formula is C18H19N3O7. The van der Waals surface area contributed by atoms with Crippen LogP contribution in [-0.2, 0) is 14.3 Å². The third-order valence-corrected chi connectivity index (χ3v) is 4.25. The maximum Gasteiger partial charge on any atom is 0.331 e. The highest BCUT2D eigenvalue weighted by Crippen LogP contribution is 2.38. The number of carbonyl (C=O) groups is 2. The number of rotatable bonds is 7. The van der Waals surface area contributed by atoms with Gasteiger partial charge in [0.25, 0.3) is 11.6 Å². The number of nitro groups is 1. The molecule has 0 saturated heterocycles. The largest absolute Gasteiger partial charge is 0.454 e. The van der Waals surface area contributed by atoms with E-state index in [1.54, 1.807) is 20.8 Å². The summed E-state index contributed by atoms with van der Waals surface area (Å²) in [4.78, 5) is 34.3. The summed E-state index contributed by atoms with van der Waals surface area (Å²) in [6, 6.07) is 4.58. The van der Waals surface area contributed by atoms with E-state index in [1.807, 2.05) is 6.07 Å². The second kappa shape index (κ2) is 8.39. The fourth-order valence-electron chi connectivity index (χ4n) is 2.21. The average molecular weight is 389 g/mol. The number of carbonyl (C=O) groups excluding carboxylic acids is 2. The summed E-state index contributed by atoms with van der Waals surface area (Å²) in [5.41, 5.74) is -1.24. The molecule has 0 aliphatic carbocycles. The number of fused-ring (bicyclic) bond motifs is 1. The number of esters is 1. The lowest BCUT2D eigenvalue weighted by atomic mass is 9.90. The Morgan fingerprint density at radius 2 is 2.07 bits per heavy atom. The highest BCUT2D eigenvalue weighted by molar-refractivity contribution is 5.90. The molecule has 0 bridgehead atoms. The Labute approximate surface area is 160 Å². The van der Waals surface area contributed by atoms with Gasteiger partial charge in [0.2, 0.25) is 6.79 Å². The summed E-state index contributed by atoms with van der Waals surface area (Å²) in [6.45, 7) is 4.48. The number of nitrogens with one attached hydrogen (secondary N) is 1. The SMILES string of the molecule is CC(C)[C@](C)(C#N)NC(=O)COC(=O)/C=C/c1cc2c(cc1[N+](=O)[O-])OCO2.